The number of esters is 1. The van der Waals surface area contributed by atoms with Crippen LogP contribution in [0.15, 0.2) is 42.1 Å². The summed E-state index contributed by atoms with van der Waals surface area (Å²) >= 11 is 0. The molecule has 0 saturated carbocycles. The van der Waals surface area contributed by atoms with Crippen molar-refractivity contribution in [3.63, 3.8) is 0 Å². The number of carbonyl (C=O) groups excluding carboxylic acids is 1. The van der Waals surface area contributed by atoms with E-state index in [1.807, 2.05) is 30.3 Å². The van der Waals surface area contributed by atoms with Crippen molar-refractivity contribution in [1.82, 2.24) is 0 Å². The van der Waals surface area contributed by atoms with E-state index in [-0.39, 0.29) is 12.2 Å². The zero-order valence-corrected chi connectivity index (χ0v) is 11.1. The highest BCUT2D eigenvalue weighted by Gasteiger charge is 2.20. The van der Waals surface area contributed by atoms with Gasteiger partial charge in [-0.2, -0.15) is 0 Å². The number of hydrogen-bond acceptors (Lipinski definition) is 5. The third-order valence-electron chi connectivity index (χ3n) is 2.27. The quantitative estimate of drug-likeness (QED) is 0.448. The molecular formula is C14H19NO4. The summed E-state index contributed by atoms with van der Waals surface area (Å²) in [5, 5.41) is 12.7. The molecule has 0 bridgehead atoms. The molecule has 1 atom stereocenters. The second-order valence-corrected chi connectivity index (χ2v) is 3.64. The van der Waals surface area contributed by atoms with Gasteiger partial charge in [0.25, 0.3) is 0 Å². The van der Waals surface area contributed by atoms with Gasteiger partial charge in [-0.1, -0.05) is 18.2 Å². The molecule has 5 nitrogen and oxygen atoms in total. The van der Waals surface area contributed by atoms with Crippen molar-refractivity contribution in [2.24, 2.45) is 0 Å². The smallest absolute Gasteiger partial charge is 0.340 e. The third kappa shape index (κ3) is 5.11. The lowest BCUT2D eigenvalue weighted by atomic mass is 10.2. The Hall–Kier alpha value is -1.85. The van der Waals surface area contributed by atoms with Gasteiger partial charge in [0, 0.05) is 18.5 Å². The molecule has 1 aromatic carbocycles. The van der Waals surface area contributed by atoms with Crippen LogP contribution in [0.2, 0.25) is 0 Å². The van der Waals surface area contributed by atoms with Crippen molar-refractivity contribution < 1.29 is 19.4 Å². The topological polar surface area (TPSA) is 67.8 Å². The lowest BCUT2D eigenvalue weighted by Gasteiger charge is -2.14. The van der Waals surface area contributed by atoms with Gasteiger partial charge in [-0.05, 0) is 26.0 Å². The van der Waals surface area contributed by atoms with E-state index in [1.54, 1.807) is 13.8 Å². The predicted octanol–water partition coefficient (Wildman–Crippen LogP) is 1.90. The van der Waals surface area contributed by atoms with Gasteiger partial charge in [-0.3, -0.25) is 0 Å². The first-order valence-electron chi connectivity index (χ1n) is 6.17. The second kappa shape index (κ2) is 8.29. The zero-order valence-electron chi connectivity index (χ0n) is 11.1. The van der Waals surface area contributed by atoms with E-state index in [9.17, 15) is 9.90 Å². The molecule has 1 rings (SSSR count). The Morgan fingerprint density at radius 1 is 1.32 bits per heavy atom. The van der Waals surface area contributed by atoms with Crippen molar-refractivity contribution in [1.29, 1.82) is 0 Å². The van der Waals surface area contributed by atoms with Gasteiger partial charge in [0.05, 0.1) is 6.61 Å². The zero-order chi connectivity index (χ0) is 14.1. The molecule has 0 aromatic heterocycles. The summed E-state index contributed by atoms with van der Waals surface area (Å²) in [6, 6.07) is 9.28. The van der Waals surface area contributed by atoms with E-state index in [0.29, 0.717) is 6.61 Å². The van der Waals surface area contributed by atoms with Gasteiger partial charge >= 0.3 is 5.97 Å². The Kier molecular flexibility index (Phi) is 6.63. The van der Waals surface area contributed by atoms with Crippen LogP contribution in [-0.4, -0.2) is 30.6 Å². The number of benzene rings is 1. The van der Waals surface area contributed by atoms with E-state index in [0.717, 1.165) is 5.69 Å². The average Bonchev–Trinajstić information content (AvgIpc) is 2.41. The lowest BCUT2D eigenvalue weighted by Crippen LogP contribution is -2.24. The molecule has 0 spiro atoms. The van der Waals surface area contributed by atoms with Crippen LogP contribution in [0.3, 0.4) is 0 Å². The number of nitrogens with one attached hydrogen (secondary N) is 1. The molecule has 2 N–H and O–H groups in total. The maximum Gasteiger partial charge on any atom is 0.340 e. The third-order valence-corrected chi connectivity index (χ3v) is 2.27. The van der Waals surface area contributed by atoms with Crippen LogP contribution in [-0.2, 0) is 14.3 Å². The molecule has 0 fully saturated rings. The largest absolute Gasteiger partial charge is 0.462 e. The highest BCUT2D eigenvalue weighted by atomic mass is 16.6. The summed E-state index contributed by atoms with van der Waals surface area (Å²) in [5.41, 5.74) is 0.834. The lowest BCUT2D eigenvalue weighted by molar-refractivity contribution is -0.144. The monoisotopic (exact) mass is 265 g/mol. The number of hydrogen-bond donors (Lipinski definition) is 2. The minimum absolute atomic E-state index is 0.0348. The van der Waals surface area contributed by atoms with Crippen molar-refractivity contribution in [3.8, 4) is 0 Å². The van der Waals surface area contributed by atoms with E-state index in [2.05, 4.69) is 5.32 Å². The Morgan fingerprint density at radius 2 is 2.00 bits per heavy atom. The Morgan fingerprint density at radius 3 is 2.58 bits per heavy atom. The number of aliphatic hydroxyl groups is 1. The number of carbonyl (C=O) groups is 1. The minimum atomic E-state index is -1.31. The predicted molar refractivity (Wildman–Crippen MR) is 72.4 cm³/mol. The van der Waals surface area contributed by atoms with Crippen molar-refractivity contribution >= 4 is 11.7 Å². The van der Waals surface area contributed by atoms with Crippen LogP contribution in [0.1, 0.15) is 13.8 Å². The van der Waals surface area contributed by atoms with E-state index < -0.39 is 12.3 Å². The summed E-state index contributed by atoms with van der Waals surface area (Å²) in [4.78, 5) is 11.7. The highest BCUT2D eigenvalue weighted by Crippen LogP contribution is 2.10. The molecular weight excluding hydrogens is 246 g/mol. The maximum absolute atomic E-state index is 11.7. The van der Waals surface area contributed by atoms with Gasteiger partial charge in [-0.15, -0.1) is 0 Å². The van der Waals surface area contributed by atoms with Gasteiger partial charge < -0.3 is 19.9 Å². The van der Waals surface area contributed by atoms with Crippen LogP contribution in [0.5, 0.6) is 0 Å². The fourth-order valence-corrected chi connectivity index (χ4v) is 1.39. The number of anilines is 1. The van der Waals surface area contributed by atoms with Crippen molar-refractivity contribution in [3.05, 3.63) is 42.1 Å². The summed E-state index contributed by atoms with van der Waals surface area (Å²) in [7, 11) is 0. The van der Waals surface area contributed by atoms with Gasteiger partial charge in [0.1, 0.15) is 5.57 Å². The molecule has 0 saturated heterocycles. The molecule has 19 heavy (non-hydrogen) atoms. The van der Waals surface area contributed by atoms with Crippen molar-refractivity contribution in [2.75, 3.05) is 18.5 Å². The minimum Gasteiger partial charge on any atom is -0.462 e. The molecule has 0 amide bonds. The molecule has 0 aliphatic heterocycles. The van der Waals surface area contributed by atoms with Crippen LogP contribution in [0.25, 0.3) is 0 Å². The average molecular weight is 265 g/mol. The molecule has 0 heterocycles. The number of ether oxygens (including phenoxy) is 2. The summed E-state index contributed by atoms with van der Waals surface area (Å²) in [6.07, 6.45) is 0.0912. The summed E-state index contributed by atoms with van der Waals surface area (Å²) in [5.74, 6) is -0.605. The SMILES string of the molecule is CCOC(=O)/C(=C/Nc1ccccc1)C(O)OCC. The first-order chi connectivity index (χ1) is 9.19. The molecule has 104 valence electrons. The molecule has 1 unspecified atom stereocenters. The van der Waals surface area contributed by atoms with E-state index in [4.69, 9.17) is 9.47 Å². The standard InChI is InChI=1S/C14H19NO4/c1-3-18-13(16)12(14(17)19-4-2)10-15-11-8-6-5-7-9-11/h5-10,13,15-16H,3-4H2,1-2H3/b12-10+. The molecule has 0 aliphatic rings. The summed E-state index contributed by atoms with van der Waals surface area (Å²) < 4.78 is 9.88. The molecule has 5 heteroatoms. The Balaban J connectivity index is 2.80. The van der Waals surface area contributed by atoms with Crippen LogP contribution in [0, 0.1) is 0 Å². The molecule has 0 aliphatic carbocycles. The first kappa shape index (κ1) is 15.2. The molecule has 0 radical (unpaired) electrons. The van der Waals surface area contributed by atoms with Crippen molar-refractivity contribution in [2.45, 2.75) is 20.1 Å². The van der Waals surface area contributed by atoms with Gasteiger partial charge in [0.15, 0.2) is 6.29 Å². The van der Waals surface area contributed by atoms with Gasteiger partial charge in [0.2, 0.25) is 0 Å². The summed E-state index contributed by atoms with van der Waals surface area (Å²) in [6.45, 7) is 3.97. The first-order valence-corrected chi connectivity index (χ1v) is 6.17. The number of para-hydroxylation sites is 1. The van der Waals surface area contributed by atoms with Crippen LogP contribution < -0.4 is 5.32 Å². The normalized spacial score (nSPS) is 12.9. The van der Waals surface area contributed by atoms with Crippen LogP contribution in [0.4, 0.5) is 5.69 Å². The Bertz CT molecular complexity index is 417. The molecule has 1 aromatic rings. The fraction of sp³-hybridized carbons (Fsp3) is 0.357. The highest BCUT2D eigenvalue weighted by molar-refractivity contribution is 5.89. The fourth-order valence-electron chi connectivity index (χ4n) is 1.39. The second-order valence-electron chi connectivity index (χ2n) is 3.64. The number of rotatable bonds is 7. The van der Waals surface area contributed by atoms with E-state index in [1.165, 1.54) is 6.20 Å². The maximum atomic E-state index is 11.7. The van der Waals surface area contributed by atoms with Gasteiger partial charge in [-0.25, -0.2) is 4.79 Å². The van der Waals surface area contributed by atoms with E-state index >= 15 is 0 Å². The number of aliphatic hydroxyl groups excluding tert-OH is 1. The Labute approximate surface area is 112 Å². The van der Waals surface area contributed by atoms with Crippen LogP contribution >= 0.6 is 0 Å².